The minimum Gasteiger partial charge on any atom is -0.496 e. The predicted molar refractivity (Wildman–Crippen MR) is 102 cm³/mol. The highest BCUT2D eigenvalue weighted by Gasteiger charge is 2.11. The molecular formula is C20H16ClN3O2. The molecule has 0 atom stereocenters. The summed E-state index contributed by atoms with van der Waals surface area (Å²) in [5.41, 5.74) is 2.11. The number of nitrogens with zero attached hydrogens (tertiary/aromatic N) is 2. The summed E-state index contributed by atoms with van der Waals surface area (Å²) in [5, 5.41) is 13.0. The summed E-state index contributed by atoms with van der Waals surface area (Å²) >= 11 is 5.88. The van der Waals surface area contributed by atoms with Crippen molar-refractivity contribution in [1.29, 1.82) is 5.26 Å². The lowest BCUT2D eigenvalue weighted by Gasteiger charge is -2.03. The van der Waals surface area contributed by atoms with Crippen LogP contribution in [0.5, 0.6) is 5.75 Å². The molecule has 1 heterocycles. The molecule has 0 bridgehead atoms. The van der Waals surface area contributed by atoms with Gasteiger partial charge in [0.2, 0.25) is 17.5 Å². The molecule has 130 valence electrons. The van der Waals surface area contributed by atoms with Gasteiger partial charge in [-0.15, -0.1) is 0 Å². The van der Waals surface area contributed by atoms with E-state index in [1.165, 1.54) is 0 Å². The van der Waals surface area contributed by atoms with Crippen LogP contribution in [-0.2, 0) is 6.54 Å². The highest BCUT2D eigenvalue weighted by molar-refractivity contribution is 6.30. The van der Waals surface area contributed by atoms with Gasteiger partial charge in [0.1, 0.15) is 11.8 Å². The van der Waals surface area contributed by atoms with Crippen LogP contribution in [0.25, 0.3) is 12.2 Å². The van der Waals surface area contributed by atoms with Gasteiger partial charge in [0.15, 0.2) is 0 Å². The van der Waals surface area contributed by atoms with Crippen molar-refractivity contribution in [1.82, 2.24) is 4.98 Å². The van der Waals surface area contributed by atoms with E-state index in [2.05, 4.69) is 10.3 Å². The van der Waals surface area contributed by atoms with Crippen molar-refractivity contribution in [3.05, 3.63) is 76.3 Å². The first-order valence-electron chi connectivity index (χ1n) is 7.90. The summed E-state index contributed by atoms with van der Waals surface area (Å²) in [7, 11) is 1.62. The Morgan fingerprint density at radius 1 is 1.19 bits per heavy atom. The maximum atomic E-state index is 9.26. The van der Waals surface area contributed by atoms with Gasteiger partial charge in [-0.3, -0.25) is 0 Å². The molecule has 0 radical (unpaired) electrons. The SMILES string of the molecule is COc1ccccc1/C=C/c1nc(C#N)c(NCc2ccc(Cl)cc2)o1. The standard InChI is InChI=1S/C20H16ClN3O2/c1-25-18-5-3-2-4-15(18)8-11-19-24-17(12-22)20(26-19)23-13-14-6-9-16(21)10-7-14/h2-11,23H,13H2,1H3/b11-8+. The number of ether oxygens (including phenoxy) is 1. The summed E-state index contributed by atoms with van der Waals surface area (Å²) in [4.78, 5) is 4.19. The molecule has 3 rings (SSSR count). The molecule has 3 aromatic rings. The number of oxazole rings is 1. The lowest BCUT2D eigenvalue weighted by atomic mass is 10.2. The Kier molecular flexibility index (Phi) is 5.57. The third-order valence-corrected chi connectivity index (χ3v) is 3.91. The van der Waals surface area contributed by atoms with Gasteiger partial charge in [0.25, 0.3) is 0 Å². The molecule has 0 saturated carbocycles. The fourth-order valence-corrected chi connectivity index (χ4v) is 2.48. The van der Waals surface area contributed by atoms with Crippen LogP contribution in [0.3, 0.4) is 0 Å². The number of hydrogen-bond donors (Lipinski definition) is 1. The largest absolute Gasteiger partial charge is 0.496 e. The fourth-order valence-electron chi connectivity index (χ4n) is 2.35. The van der Waals surface area contributed by atoms with E-state index in [1.54, 1.807) is 13.2 Å². The minimum atomic E-state index is 0.207. The number of aromatic nitrogens is 1. The third kappa shape index (κ3) is 4.24. The first kappa shape index (κ1) is 17.6. The van der Waals surface area contributed by atoms with E-state index in [-0.39, 0.29) is 5.69 Å². The zero-order valence-electron chi connectivity index (χ0n) is 14.1. The van der Waals surface area contributed by atoms with Crippen molar-refractivity contribution in [2.75, 3.05) is 12.4 Å². The Labute approximate surface area is 156 Å². The van der Waals surface area contributed by atoms with Gasteiger partial charge in [0, 0.05) is 23.2 Å². The number of nitriles is 1. The van der Waals surface area contributed by atoms with Crippen LogP contribution in [0.1, 0.15) is 22.7 Å². The quantitative estimate of drug-likeness (QED) is 0.666. The van der Waals surface area contributed by atoms with Crippen molar-refractivity contribution in [3.8, 4) is 11.8 Å². The third-order valence-electron chi connectivity index (χ3n) is 3.66. The monoisotopic (exact) mass is 365 g/mol. The number of benzene rings is 2. The van der Waals surface area contributed by atoms with Crippen LogP contribution in [0.15, 0.2) is 52.9 Å². The predicted octanol–water partition coefficient (Wildman–Crippen LogP) is 4.99. The van der Waals surface area contributed by atoms with Crippen LogP contribution in [0.2, 0.25) is 5.02 Å². The Balaban J connectivity index is 1.75. The number of para-hydroxylation sites is 1. The summed E-state index contributed by atoms with van der Waals surface area (Å²) in [6.07, 6.45) is 3.53. The molecule has 0 unspecified atom stereocenters. The van der Waals surface area contributed by atoms with Crippen LogP contribution >= 0.6 is 11.6 Å². The Morgan fingerprint density at radius 3 is 2.69 bits per heavy atom. The van der Waals surface area contributed by atoms with Crippen LogP contribution in [0.4, 0.5) is 5.88 Å². The first-order valence-corrected chi connectivity index (χ1v) is 8.27. The van der Waals surface area contributed by atoms with Crippen molar-refractivity contribution < 1.29 is 9.15 Å². The van der Waals surface area contributed by atoms with E-state index in [9.17, 15) is 5.26 Å². The molecule has 2 aromatic carbocycles. The second-order valence-electron chi connectivity index (χ2n) is 5.40. The van der Waals surface area contributed by atoms with Gasteiger partial charge in [-0.25, -0.2) is 0 Å². The second kappa shape index (κ2) is 8.24. The summed E-state index contributed by atoms with van der Waals surface area (Å²) in [6.45, 7) is 0.497. The summed E-state index contributed by atoms with van der Waals surface area (Å²) < 4.78 is 11.0. The molecule has 0 aliphatic heterocycles. The molecule has 5 nitrogen and oxygen atoms in total. The number of nitrogens with one attached hydrogen (secondary N) is 1. The molecule has 0 aliphatic rings. The average molecular weight is 366 g/mol. The van der Waals surface area contributed by atoms with Crippen molar-refractivity contribution in [2.45, 2.75) is 6.54 Å². The minimum absolute atomic E-state index is 0.207. The Hall–Kier alpha value is -3.23. The lowest BCUT2D eigenvalue weighted by molar-refractivity contribution is 0.414. The van der Waals surface area contributed by atoms with Crippen LogP contribution in [-0.4, -0.2) is 12.1 Å². The summed E-state index contributed by atoms with van der Waals surface area (Å²) in [5.74, 6) is 1.42. The number of methoxy groups -OCH3 is 1. The highest BCUT2D eigenvalue weighted by atomic mass is 35.5. The normalized spacial score (nSPS) is 10.7. The number of hydrogen-bond acceptors (Lipinski definition) is 5. The van der Waals surface area contributed by atoms with E-state index in [0.29, 0.717) is 23.3 Å². The van der Waals surface area contributed by atoms with Crippen LogP contribution in [0, 0.1) is 11.3 Å². The molecule has 0 amide bonds. The van der Waals surface area contributed by atoms with Crippen molar-refractivity contribution in [2.24, 2.45) is 0 Å². The molecule has 26 heavy (non-hydrogen) atoms. The number of anilines is 1. The van der Waals surface area contributed by atoms with Gasteiger partial charge in [-0.05, 0) is 29.8 Å². The molecule has 0 saturated heterocycles. The second-order valence-corrected chi connectivity index (χ2v) is 5.83. The van der Waals surface area contributed by atoms with Gasteiger partial charge in [-0.1, -0.05) is 41.9 Å². The maximum Gasteiger partial charge on any atom is 0.232 e. The van der Waals surface area contributed by atoms with Gasteiger partial charge >= 0.3 is 0 Å². The first-order chi connectivity index (χ1) is 12.7. The molecule has 1 N–H and O–H groups in total. The molecule has 6 heteroatoms. The Bertz CT molecular complexity index is 956. The van der Waals surface area contributed by atoms with Crippen LogP contribution < -0.4 is 10.1 Å². The van der Waals surface area contributed by atoms with Crippen molar-refractivity contribution in [3.63, 3.8) is 0 Å². The van der Waals surface area contributed by atoms with E-state index in [1.807, 2.05) is 60.7 Å². The van der Waals surface area contributed by atoms with E-state index < -0.39 is 0 Å². The lowest BCUT2D eigenvalue weighted by Crippen LogP contribution is -1.99. The summed E-state index contributed by atoms with van der Waals surface area (Å²) in [6, 6.07) is 17.1. The number of rotatable bonds is 6. The zero-order valence-corrected chi connectivity index (χ0v) is 14.8. The van der Waals surface area contributed by atoms with Crippen molar-refractivity contribution >= 4 is 29.6 Å². The van der Waals surface area contributed by atoms with E-state index in [0.717, 1.165) is 16.9 Å². The molecular weight excluding hydrogens is 350 g/mol. The average Bonchev–Trinajstić information content (AvgIpc) is 3.08. The van der Waals surface area contributed by atoms with E-state index >= 15 is 0 Å². The Morgan fingerprint density at radius 2 is 1.96 bits per heavy atom. The fraction of sp³-hybridized carbons (Fsp3) is 0.100. The molecule has 0 spiro atoms. The van der Waals surface area contributed by atoms with Gasteiger partial charge in [-0.2, -0.15) is 10.2 Å². The molecule has 0 aliphatic carbocycles. The smallest absolute Gasteiger partial charge is 0.232 e. The topological polar surface area (TPSA) is 71.1 Å². The number of halogens is 1. The van der Waals surface area contributed by atoms with Gasteiger partial charge < -0.3 is 14.5 Å². The zero-order chi connectivity index (χ0) is 18.4. The highest BCUT2D eigenvalue weighted by Crippen LogP contribution is 2.22. The maximum absolute atomic E-state index is 9.26. The molecule has 1 aromatic heterocycles. The van der Waals surface area contributed by atoms with E-state index in [4.69, 9.17) is 20.8 Å². The molecule has 0 fully saturated rings. The van der Waals surface area contributed by atoms with Gasteiger partial charge in [0.05, 0.1) is 7.11 Å².